The minimum Gasteiger partial charge on any atom is -0.385 e. The van der Waals surface area contributed by atoms with Crippen LogP contribution in [-0.2, 0) is 4.74 Å². The summed E-state index contributed by atoms with van der Waals surface area (Å²) in [5, 5.41) is 0.913. The number of aryl methyl sites for hydroxylation is 1. The highest BCUT2D eigenvalue weighted by Crippen LogP contribution is 2.29. The Morgan fingerprint density at radius 3 is 2.52 bits per heavy atom. The molecular weight excluding hydrogens is 358 g/mol. The molecule has 2 heterocycles. The summed E-state index contributed by atoms with van der Waals surface area (Å²) in [4.78, 5) is 23.1. The van der Waals surface area contributed by atoms with Gasteiger partial charge < -0.3 is 9.64 Å². The van der Waals surface area contributed by atoms with E-state index in [1.807, 2.05) is 42.2 Å². The number of hydrogen-bond acceptors (Lipinski definition) is 5. The quantitative estimate of drug-likeness (QED) is 0.709. The van der Waals surface area contributed by atoms with Crippen molar-refractivity contribution in [1.82, 2.24) is 14.8 Å². The molecule has 0 N–H and O–H groups in total. The lowest BCUT2D eigenvalue weighted by molar-refractivity contribution is 0.0273. The highest BCUT2D eigenvalue weighted by Gasteiger charge is 2.33. The zero-order valence-corrected chi connectivity index (χ0v) is 17.5. The number of piperazine rings is 1. The Labute approximate surface area is 166 Å². The molecule has 0 spiro atoms. The molecule has 2 atom stereocenters. The summed E-state index contributed by atoms with van der Waals surface area (Å²) >= 11 is 1.50. The fourth-order valence-corrected chi connectivity index (χ4v) is 4.84. The van der Waals surface area contributed by atoms with Crippen LogP contribution in [0.4, 0.5) is 0 Å². The van der Waals surface area contributed by atoms with Crippen molar-refractivity contribution in [2.45, 2.75) is 39.3 Å². The molecule has 1 aliphatic heterocycles. The largest absolute Gasteiger partial charge is 0.385 e. The number of thiazole rings is 1. The molecule has 27 heavy (non-hydrogen) atoms. The van der Waals surface area contributed by atoms with Gasteiger partial charge in [0.25, 0.3) is 5.91 Å². The number of rotatable bonds is 6. The SMILES string of the molecule is COCCCN1C(C)CN(C(=O)c2sc(-c3ccccc3)nc2C)CC1C. The van der Waals surface area contributed by atoms with Crippen molar-refractivity contribution in [3.63, 3.8) is 0 Å². The summed E-state index contributed by atoms with van der Waals surface area (Å²) in [6.45, 7) is 9.65. The van der Waals surface area contributed by atoms with E-state index in [1.165, 1.54) is 11.3 Å². The average Bonchev–Trinajstić information content (AvgIpc) is 3.05. The first-order chi connectivity index (χ1) is 13.0. The average molecular weight is 388 g/mol. The van der Waals surface area contributed by atoms with Gasteiger partial charge in [0.1, 0.15) is 9.88 Å². The van der Waals surface area contributed by atoms with Gasteiger partial charge in [0.15, 0.2) is 0 Å². The van der Waals surface area contributed by atoms with Crippen LogP contribution in [-0.4, -0.2) is 66.1 Å². The predicted octanol–water partition coefficient (Wildman–Crippen LogP) is 3.69. The molecule has 3 rings (SSSR count). The van der Waals surface area contributed by atoms with E-state index in [2.05, 4.69) is 23.7 Å². The number of benzene rings is 1. The van der Waals surface area contributed by atoms with Crippen LogP contribution in [0.15, 0.2) is 30.3 Å². The van der Waals surface area contributed by atoms with Crippen molar-refractivity contribution in [1.29, 1.82) is 0 Å². The van der Waals surface area contributed by atoms with Crippen LogP contribution in [0, 0.1) is 6.92 Å². The number of hydrogen-bond donors (Lipinski definition) is 0. The maximum absolute atomic E-state index is 13.2. The smallest absolute Gasteiger partial charge is 0.265 e. The molecule has 0 radical (unpaired) electrons. The van der Waals surface area contributed by atoms with Crippen LogP contribution in [0.25, 0.3) is 10.6 Å². The topological polar surface area (TPSA) is 45.7 Å². The Kier molecular flexibility index (Phi) is 6.63. The monoisotopic (exact) mass is 387 g/mol. The molecule has 1 aromatic carbocycles. The fraction of sp³-hybridized carbons (Fsp3) is 0.524. The molecule has 2 aromatic rings. The minimum absolute atomic E-state index is 0.113. The van der Waals surface area contributed by atoms with E-state index in [-0.39, 0.29) is 5.91 Å². The van der Waals surface area contributed by atoms with E-state index < -0.39 is 0 Å². The Morgan fingerprint density at radius 1 is 1.22 bits per heavy atom. The number of carbonyl (C=O) groups is 1. The highest BCUT2D eigenvalue weighted by atomic mass is 32.1. The lowest BCUT2D eigenvalue weighted by Gasteiger charge is -2.44. The third kappa shape index (κ3) is 4.57. The van der Waals surface area contributed by atoms with Crippen LogP contribution in [0.5, 0.6) is 0 Å². The molecule has 0 saturated carbocycles. The second-order valence-electron chi connectivity index (χ2n) is 7.29. The molecule has 146 valence electrons. The maximum atomic E-state index is 13.2. The van der Waals surface area contributed by atoms with Crippen LogP contribution in [0.3, 0.4) is 0 Å². The molecule has 6 heteroatoms. The van der Waals surface area contributed by atoms with Crippen molar-refractivity contribution >= 4 is 17.2 Å². The van der Waals surface area contributed by atoms with Crippen LogP contribution >= 0.6 is 11.3 Å². The third-order valence-electron chi connectivity index (χ3n) is 5.17. The minimum atomic E-state index is 0.113. The summed E-state index contributed by atoms with van der Waals surface area (Å²) in [5.41, 5.74) is 1.89. The standard InChI is InChI=1S/C21H29N3O2S/c1-15-13-23(14-16(2)24(15)11-8-12-26-4)21(25)19-17(3)22-20(27-19)18-9-6-5-7-10-18/h5-7,9-10,15-16H,8,11-14H2,1-4H3. The second kappa shape index (κ2) is 8.95. The molecule has 5 nitrogen and oxygen atoms in total. The number of carbonyl (C=O) groups excluding carboxylic acids is 1. The first kappa shape index (κ1) is 20.0. The van der Waals surface area contributed by atoms with E-state index in [4.69, 9.17) is 4.74 Å². The zero-order valence-electron chi connectivity index (χ0n) is 16.6. The zero-order chi connectivity index (χ0) is 19.4. The first-order valence-electron chi connectivity index (χ1n) is 9.58. The van der Waals surface area contributed by atoms with E-state index in [0.29, 0.717) is 12.1 Å². The Bertz CT molecular complexity index is 750. The molecule has 1 saturated heterocycles. The molecule has 1 fully saturated rings. The van der Waals surface area contributed by atoms with Gasteiger partial charge in [0.05, 0.1) is 5.69 Å². The highest BCUT2D eigenvalue weighted by molar-refractivity contribution is 7.17. The van der Waals surface area contributed by atoms with Gasteiger partial charge in [-0.1, -0.05) is 30.3 Å². The van der Waals surface area contributed by atoms with Gasteiger partial charge in [-0.15, -0.1) is 11.3 Å². The summed E-state index contributed by atoms with van der Waals surface area (Å²) in [6.07, 6.45) is 1.02. The fourth-order valence-electron chi connectivity index (χ4n) is 3.80. The van der Waals surface area contributed by atoms with Crippen LogP contribution < -0.4 is 0 Å². The van der Waals surface area contributed by atoms with E-state index in [1.54, 1.807) is 7.11 Å². The second-order valence-corrected chi connectivity index (χ2v) is 8.29. The van der Waals surface area contributed by atoms with Gasteiger partial charge in [-0.05, 0) is 27.2 Å². The maximum Gasteiger partial charge on any atom is 0.265 e. The summed E-state index contributed by atoms with van der Waals surface area (Å²) in [6, 6.07) is 10.8. The van der Waals surface area contributed by atoms with Crippen molar-refractivity contribution in [3.8, 4) is 10.6 Å². The van der Waals surface area contributed by atoms with Gasteiger partial charge in [-0.2, -0.15) is 0 Å². The van der Waals surface area contributed by atoms with E-state index in [0.717, 1.165) is 53.8 Å². The van der Waals surface area contributed by atoms with Gasteiger partial charge in [-0.3, -0.25) is 9.69 Å². The third-order valence-corrected chi connectivity index (χ3v) is 6.36. The Balaban J connectivity index is 1.71. The molecule has 2 unspecified atom stereocenters. The van der Waals surface area contributed by atoms with Gasteiger partial charge in [0, 0.05) is 51.0 Å². The molecule has 1 amide bonds. The van der Waals surface area contributed by atoms with Crippen molar-refractivity contribution < 1.29 is 9.53 Å². The van der Waals surface area contributed by atoms with E-state index >= 15 is 0 Å². The van der Waals surface area contributed by atoms with Gasteiger partial charge in [0.2, 0.25) is 0 Å². The van der Waals surface area contributed by atoms with Crippen LogP contribution in [0.1, 0.15) is 35.6 Å². The molecular formula is C21H29N3O2S. The first-order valence-corrected chi connectivity index (χ1v) is 10.4. The lowest BCUT2D eigenvalue weighted by atomic mass is 10.1. The van der Waals surface area contributed by atoms with Gasteiger partial charge >= 0.3 is 0 Å². The molecule has 1 aliphatic rings. The van der Waals surface area contributed by atoms with Gasteiger partial charge in [-0.25, -0.2) is 4.98 Å². The number of amides is 1. The predicted molar refractivity (Wildman–Crippen MR) is 110 cm³/mol. The van der Waals surface area contributed by atoms with Crippen molar-refractivity contribution in [3.05, 3.63) is 40.9 Å². The Hall–Kier alpha value is -1.76. The van der Waals surface area contributed by atoms with Crippen LogP contribution in [0.2, 0.25) is 0 Å². The Morgan fingerprint density at radius 2 is 1.89 bits per heavy atom. The normalized spacial score (nSPS) is 20.8. The van der Waals surface area contributed by atoms with Crippen molar-refractivity contribution in [2.24, 2.45) is 0 Å². The number of nitrogens with zero attached hydrogens (tertiary/aromatic N) is 3. The summed E-state index contributed by atoms with van der Waals surface area (Å²) in [7, 11) is 1.74. The lowest BCUT2D eigenvalue weighted by Crippen LogP contribution is -2.58. The number of aromatic nitrogens is 1. The molecule has 0 aliphatic carbocycles. The number of ether oxygens (including phenoxy) is 1. The van der Waals surface area contributed by atoms with Crippen molar-refractivity contribution in [2.75, 3.05) is 33.4 Å². The van der Waals surface area contributed by atoms with E-state index in [9.17, 15) is 4.79 Å². The number of methoxy groups -OCH3 is 1. The summed E-state index contributed by atoms with van der Waals surface area (Å²) in [5.74, 6) is 0.113. The molecule has 1 aromatic heterocycles. The molecule has 0 bridgehead atoms. The summed E-state index contributed by atoms with van der Waals surface area (Å²) < 4.78 is 5.18.